The van der Waals surface area contributed by atoms with Crippen LogP contribution >= 0.6 is 68.0 Å². The van der Waals surface area contributed by atoms with Gasteiger partial charge in [-0.3, -0.25) is 0 Å². The molecular formula is C38H28S6. The van der Waals surface area contributed by atoms with E-state index in [-0.39, 0.29) is 0 Å². The summed E-state index contributed by atoms with van der Waals surface area (Å²) in [5, 5.41) is 0. The van der Waals surface area contributed by atoms with Gasteiger partial charge in [-0.25, -0.2) is 0 Å². The summed E-state index contributed by atoms with van der Waals surface area (Å²) in [4.78, 5) is 8.18. The van der Waals surface area contributed by atoms with Crippen LogP contribution < -0.4 is 0 Å². The van der Waals surface area contributed by atoms with E-state index in [9.17, 15) is 0 Å². The summed E-state index contributed by atoms with van der Waals surface area (Å²) in [6.45, 7) is 8.89. The van der Waals surface area contributed by atoms with Gasteiger partial charge in [-0.05, 0) is 86.4 Å². The highest BCUT2D eigenvalue weighted by Gasteiger charge is 2.23. The van der Waals surface area contributed by atoms with Crippen LogP contribution in [0.4, 0.5) is 0 Å². The summed E-state index contributed by atoms with van der Waals surface area (Å²) in [7, 11) is 0. The molecule has 0 saturated carbocycles. The van der Waals surface area contributed by atoms with Crippen molar-refractivity contribution in [3.8, 4) is 19.5 Å². The summed E-state index contributed by atoms with van der Waals surface area (Å²) in [5.74, 6) is 0. The zero-order chi connectivity index (χ0) is 29.9. The molecule has 0 aliphatic carbocycles. The zero-order valence-corrected chi connectivity index (χ0v) is 29.6. The van der Waals surface area contributed by atoms with E-state index in [0.717, 1.165) is 0 Å². The Morgan fingerprint density at radius 1 is 0.364 bits per heavy atom. The molecule has 6 heteroatoms. The monoisotopic (exact) mass is 676 g/mol. The normalized spacial score (nSPS) is 12.4. The first kappa shape index (κ1) is 28.4. The van der Waals surface area contributed by atoms with Crippen LogP contribution in [0.15, 0.2) is 72.8 Å². The van der Waals surface area contributed by atoms with Crippen LogP contribution in [0.2, 0.25) is 0 Å². The van der Waals surface area contributed by atoms with E-state index in [4.69, 9.17) is 0 Å². The van der Waals surface area contributed by atoms with E-state index in [1.807, 2.05) is 68.0 Å². The molecule has 216 valence electrons. The quantitative estimate of drug-likeness (QED) is 0.164. The third kappa shape index (κ3) is 5.08. The van der Waals surface area contributed by atoms with Crippen LogP contribution in [0.5, 0.6) is 0 Å². The van der Waals surface area contributed by atoms with E-state index in [1.165, 1.54) is 90.8 Å². The van der Waals surface area contributed by atoms with Crippen molar-refractivity contribution in [3.63, 3.8) is 0 Å². The maximum Gasteiger partial charge on any atom is 0.0651 e. The molecule has 0 saturated heterocycles. The molecule has 0 radical (unpaired) electrons. The van der Waals surface area contributed by atoms with Crippen LogP contribution in [-0.4, -0.2) is 0 Å². The van der Waals surface area contributed by atoms with E-state index in [0.29, 0.717) is 0 Å². The molecule has 0 spiro atoms. The van der Waals surface area contributed by atoms with Crippen molar-refractivity contribution in [2.75, 3.05) is 0 Å². The maximum atomic E-state index is 2.31. The lowest BCUT2D eigenvalue weighted by Gasteiger charge is -1.95. The molecule has 8 rings (SSSR count). The summed E-state index contributed by atoms with van der Waals surface area (Å²) in [6, 6.07) is 26.5. The third-order valence-electron chi connectivity index (χ3n) is 7.95. The van der Waals surface area contributed by atoms with Gasteiger partial charge in [0.05, 0.1) is 28.2 Å². The summed E-state index contributed by atoms with van der Waals surface area (Å²) < 4.78 is 8.82. The smallest absolute Gasteiger partial charge is 0.0651 e. The minimum atomic E-state index is 1.24. The molecule has 0 bridgehead atoms. The largest absolute Gasteiger partial charge is 0.135 e. The highest BCUT2D eigenvalue weighted by Crippen LogP contribution is 2.55. The van der Waals surface area contributed by atoms with Gasteiger partial charge in [-0.2, -0.15) is 0 Å². The molecular weight excluding hydrogens is 649 g/mol. The highest BCUT2D eigenvalue weighted by atomic mass is 32.1. The average molecular weight is 677 g/mol. The topological polar surface area (TPSA) is 0 Å². The maximum absolute atomic E-state index is 2.31. The van der Waals surface area contributed by atoms with Crippen LogP contribution in [0.1, 0.15) is 43.1 Å². The molecule has 44 heavy (non-hydrogen) atoms. The van der Waals surface area contributed by atoms with E-state index in [2.05, 4.69) is 125 Å². The number of aryl methyl sites for hydroxylation is 4. The fourth-order valence-electron chi connectivity index (χ4n) is 5.45. The van der Waals surface area contributed by atoms with Crippen LogP contribution in [0.25, 0.3) is 72.0 Å². The van der Waals surface area contributed by atoms with Gasteiger partial charge in [0.25, 0.3) is 0 Å². The number of benzene rings is 2. The standard InChI is InChI=1S/C38H28S6/c1-21-5-9-25(10-6-21)13-15-27-17-19-29(39-27)31-23(3)33-35(41-31)37-38(43-33)36-34(44-37)24(4)32(42-36)30-20-18-28(40-30)16-14-26-11-7-22(2)8-12-26/h5-20H,1-4H3/b15-13+,16-14+. The molecule has 6 heterocycles. The second-order valence-electron chi connectivity index (χ2n) is 11.2. The van der Waals surface area contributed by atoms with Crippen molar-refractivity contribution in [1.29, 1.82) is 0 Å². The number of hydrogen-bond acceptors (Lipinski definition) is 6. The Hall–Kier alpha value is -3.10. The van der Waals surface area contributed by atoms with E-state index < -0.39 is 0 Å². The van der Waals surface area contributed by atoms with Gasteiger partial charge in [-0.1, -0.05) is 71.8 Å². The molecule has 0 fully saturated rings. The van der Waals surface area contributed by atoms with Gasteiger partial charge in [0.1, 0.15) is 0 Å². The number of fused-ring (bicyclic) bond motifs is 5. The van der Waals surface area contributed by atoms with Gasteiger partial charge in [0.15, 0.2) is 0 Å². The Balaban J connectivity index is 1.09. The third-order valence-corrected chi connectivity index (χ3v) is 16.3. The fourth-order valence-corrected chi connectivity index (χ4v) is 13.6. The minimum absolute atomic E-state index is 1.24. The summed E-state index contributed by atoms with van der Waals surface area (Å²) in [5.41, 5.74) is 7.93. The molecule has 8 aromatic rings. The second-order valence-corrected chi connectivity index (χ2v) is 17.5. The van der Waals surface area contributed by atoms with E-state index >= 15 is 0 Å². The van der Waals surface area contributed by atoms with Gasteiger partial charge in [0, 0.05) is 29.3 Å². The Kier molecular flexibility index (Phi) is 7.33. The SMILES string of the molecule is Cc1ccc(/C=C/c2ccc(-c3sc4c(sc5c6sc(-c7ccc(/C=C/c8ccc(C)cc8)s7)c(C)c6sc45)c3C)s2)cc1. The van der Waals surface area contributed by atoms with Crippen molar-refractivity contribution in [1.82, 2.24) is 0 Å². The molecule has 0 unspecified atom stereocenters. The first-order valence-corrected chi connectivity index (χ1v) is 19.4. The van der Waals surface area contributed by atoms with Crippen molar-refractivity contribution < 1.29 is 0 Å². The van der Waals surface area contributed by atoms with Gasteiger partial charge >= 0.3 is 0 Å². The van der Waals surface area contributed by atoms with Crippen molar-refractivity contribution in [2.45, 2.75) is 27.7 Å². The first-order valence-electron chi connectivity index (χ1n) is 14.5. The average Bonchev–Trinajstić information content (AvgIpc) is 3.86. The van der Waals surface area contributed by atoms with Crippen LogP contribution in [0, 0.1) is 27.7 Å². The molecule has 0 atom stereocenters. The first-order chi connectivity index (χ1) is 21.4. The second kappa shape index (κ2) is 11.4. The predicted octanol–water partition coefficient (Wildman–Crippen LogP) is 14.4. The fraction of sp³-hybridized carbons (Fsp3) is 0.105. The molecule has 6 aromatic heterocycles. The summed E-state index contributed by atoms with van der Waals surface area (Å²) in [6.07, 6.45) is 8.92. The van der Waals surface area contributed by atoms with Crippen molar-refractivity contribution in [3.05, 3.63) is 116 Å². The predicted molar refractivity (Wildman–Crippen MR) is 207 cm³/mol. The number of hydrogen-bond donors (Lipinski definition) is 0. The van der Waals surface area contributed by atoms with Gasteiger partial charge < -0.3 is 0 Å². The molecule has 2 aromatic carbocycles. The van der Waals surface area contributed by atoms with Gasteiger partial charge in [-0.15, -0.1) is 68.0 Å². The number of thiophene rings is 6. The molecule has 0 nitrogen and oxygen atoms in total. The molecule has 0 amide bonds. The highest BCUT2D eigenvalue weighted by molar-refractivity contribution is 7.46. The Morgan fingerprint density at radius 3 is 1.16 bits per heavy atom. The lowest BCUT2D eigenvalue weighted by molar-refractivity contribution is 1.46. The molecule has 0 aliphatic heterocycles. The van der Waals surface area contributed by atoms with Crippen molar-refractivity contribution in [2.24, 2.45) is 0 Å². The lowest BCUT2D eigenvalue weighted by atomic mass is 10.1. The minimum Gasteiger partial charge on any atom is -0.135 e. The molecule has 0 aliphatic rings. The van der Waals surface area contributed by atoms with Gasteiger partial charge in [0.2, 0.25) is 0 Å². The lowest BCUT2D eigenvalue weighted by Crippen LogP contribution is -1.72. The molecule has 0 N–H and O–H groups in total. The van der Waals surface area contributed by atoms with Crippen LogP contribution in [-0.2, 0) is 0 Å². The zero-order valence-electron chi connectivity index (χ0n) is 24.7. The number of rotatable bonds is 6. The Morgan fingerprint density at radius 2 is 0.750 bits per heavy atom. The summed E-state index contributed by atoms with van der Waals surface area (Å²) >= 11 is 11.7. The Labute approximate surface area is 281 Å². The van der Waals surface area contributed by atoms with E-state index in [1.54, 1.807) is 0 Å². The van der Waals surface area contributed by atoms with Crippen molar-refractivity contribution >= 4 is 121 Å². The van der Waals surface area contributed by atoms with Crippen LogP contribution in [0.3, 0.4) is 0 Å². The Bertz CT molecular complexity index is 2180.